The van der Waals surface area contributed by atoms with E-state index in [-0.39, 0.29) is 69.8 Å². The molecule has 15 heteroatoms. The van der Waals surface area contributed by atoms with E-state index in [9.17, 15) is 19.8 Å². The summed E-state index contributed by atoms with van der Waals surface area (Å²) in [7, 11) is 1.51. The highest BCUT2D eigenvalue weighted by molar-refractivity contribution is 6.18. The third-order valence-electron chi connectivity index (χ3n) is 12.2. The molecule has 2 heterocycles. The molecular weight excluding hydrogens is 832 g/mol. The Labute approximate surface area is 373 Å². The molecule has 3 aromatic rings. The fourth-order valence-corrected chi connectivity index (χ4v) is 9.68. The summed E-state index contributed by atoms with van der Waals surface area (Å²) in [5.41, 5.74) is 3.51. The molecular formula is C48H57ClN2O12. The van der Waals surface area contributed by atoms with Crippen LogP contribution in [0.5, 0.6) is 34.5 Å². The maximum atomic E-state index is 14.6. The Bertz CT molecular complexity index is 2150. The predicted octanol–water partition coefficient (Wildman–Crippen LogP) is 8.56. The molecule has 0 saturated heterocycles. The number of aliphatic hydroxyl groups is 2. The summed E-state index contributed by atoms with van der Waals surface area (Å²) in [5.74, 6) is 0.826. The lowest BCUT2D eigenvalue weighted by atomic mass is 9.55. The first-order chi connectivity index (χ1) is 30.8. The second-order valence-electron chi connectivity index (χ2n) is 15.9. The average molecular weight is 889 g/mol. The van der Waals surface area contributed by atoms with Crippen LogP contribution in [0.3, 0.4) is 0 Å². The van der Waals surface area contributed by atoms with Gasteiger partial charge < -0.3 is 48.2 Å². The van der Waals surface area contributed by atoms with Gasteiger partial charge in [-0.15, -0.1) is 18.2 Å². The van der Waals surface area contributed by atoms with Crippen molar-refractivity contribution in [1.29, 1.82) is 0 Å². The van der Waals surface area contributed by atoms with E-state index < -0.39 is 23.8 Å². The number of carbonyl (C=O) groups excluding carboxylic acids is 2. The van der Waals surface area contributed by atoms with Crippen LogP contribution in [-0.2, 0) is 20.9 Å². The van der Waals surface area contributed by atoms with Crippen molar-refractivity contribution in [2.75, 3.05) is 52.8 Å². The zero-order valence-electron chi connectivity index (χ0n) is 35.9. The zero-order chi connectivity index (χ0) is 44.3. The maximum absolute atomic E-state index is 14.6. The highest BCUT2D eigenvalue weighted by Gasteiger charge is 2.65. The fraction of sp³-hybridized carbons (Fsp3) is 0.479. The number of rotatable bonds is 22. The van der Waals surface area contributed by atoms with Gasteiger partial charge in [0.25, 0.3) is 0 Å². The van der Waals surface area contributed by atoms with Crippen molar-refractivity contribution in [3.63, 3.8) is 0 Å². The highest BCUT2D eigenvalue weighted by Crippen LogP contribution is 2.62. The van der Waals surface area contributed by atoms with Crippen LogP contribution in [0.4, 0.5) is 4.79 Å². The number of allylic oxidation sites excluding steroid dienone is 1. The topological polar surface area (TPSA) is 164 Å². The highest BCUT2D eigenvalue weighted by atomic mass is 35.5. The summed E-state index contributed by atoms with van der Waals surface area (Å²) >= 11 is 6.10. The number of amides is 1. The van der Waals surface area contributed by atoms with Gasteiger partial charge in [0.05, 0.1) is 36.8 Å². The summed E-state index contributed by atoms with van der Waals surface area (Å²) in [5, 5.41) is 24.6. The van der Waals surface area contributed by atoms with E-state index in [1.165, 1.54) is 7.11 Å². The van der Waals surface area contributed by atoms with E-state index >= 15 is 0 Å². The SMILES string of the molecule is C=CCO[C@@]12Oc3ccc(Oc4ccc(OC)c(C=O)c4)cc3[C@H]3[C@H](CCCCO)[C@@H](CCCCO)C=C(C(=NOCC)C[C@@H]1N(Cc1ccc4c(c1)OCO4)C(=O)OCCCl)[C@H]32. The number of oxime groups is 1. The van der Waals surface area contributed by atoms with Crippen LogP contribution >= 0.6 is 11.6 Å². The first-order valence-electron chi connectivity index (χ1n) is 21.7. The monoisotopic (exact) mass is 888 g/mol. The minimum Gasteiger partial charge on any atom is -0.496 e. The van der Waals surface area contributed by atoms with E-state index in [2.05, 4.69) is 12.7 Å². The molecule has 1 saturated carbocycles. The molecule has 0 unspecified atom stereocenters. The van der Waals surface area contributed by atoms with Crippen LogP contribution < -0.4 is 23.7 Å². The van der Waals surface area contributed by atoms with Crippen molar-refractivity contribution < 1.29 is 57.8 Å². The molecule has 0 aromatic heterocycles. The van der Waals surface area contributed by atoms with Crippen molar-refractivity contribution in [3.8, 4) is 34.5 Å². The molecule has 0 spiro atoms. The van der Waals surface area contributed by atoms with Crippen LogP contribution in [0.1, 0.15) is 79.3 Å². The van der Waals surface area contributed by atoms with Crippen LogP contribution in [0.15, 0.2) is 84.1 Å². The molecule has 338 valence electrons. The number of unbranched alkanes of at least 4 members (excludes halogenated alkanes) is 2. The molecule has 2 aliphatic heterocycles. The van der Waals surface area contributed by atoms with Gasteiger partial charge in [0.15, 0.2) is 17.8 Å². The number of aliphatic hydroxyl groups excluding tert-OH is 2. The number of benzene rings is 3. The van der Waals surface area contributed by atoms with Gasteiger partial charge in [-0.2, -0.15) is 0 Å². The summed E-state index contributed by atoms with van der Waals surface area (Å²) in [6, 6.07) is 15.4. The second-order valence-corrected chi connectivity index (χ2v) is 16.3. The Morgan fingerprint density at radius 1 is 1.00 bits per heavy atom. The number of methoxy groups -OCH3 is 1. The first-order valence-corrected chi connectivity index (χ1v) is 22.3. The van der Waals surface area contributed by atoms with Crippen LogP contribution in [0, 0.1) is 17.8 Å². The smallest absolute Gasteiger partial charge is 0.410 e. The molecule has 0 bridgehead atoms. The summed E-state index contributed by atoms with van der Waals surface area (Å²) in [6.45, 7) is 6.56. The van der Waals surface area contributed by atoms with Crippen molar-refractivity contribution in [3.05, 3.63) is 95.6 Å². The summed E-state index contributed by atoms with van der Waals surface area (Å²) < 4.78 is 43.4. The number of hydrogen-bond acceptors (Lipinski definition) is 13. The van der Waals surface area contributed by atoms with Gasteiger partial charge in [0.1, 0.15) is 42.3 Å². The Hall–Kier alpha value is -5.28. The summed E-state index contributed by atoms with van der Waals surface area (Å²) in [6.07, 6.45) is 8.57. The first kappa shape index (κ1) is 45.7. The Morgan fingerprint density at radius 3 is 2.51 bits per heavy atom. The number of alkyl halides is 1. The number of carbonyl (C=O) groups is 2. The number of nitrogens with zero attached hydrogens (tertiary/aromatic N) is 2. The molecule has 0 radical (unpaired) electrons. The minimum absolute atomic E-state index is 0.0196. The lowest BCUT2D eigenvalue weighted by molar-refractivity contribution is -0.256. The van der Waals surface area contributed by atoms with Gasteiger partial charge in [-0.05, 0) is 104 Å². The molecule has 2 N–H and O–H groups in total. The minimum atomic E-state index is -1.53. The standard InChI is InChI=1S/C48H57ClN2O12/c1-4-21-60-48-44(51(47(55)57-22-18-49)28-31-12-15-42-43(23-31)59-30-58-42)27-39(50-61-5-2)37-25-32(10-6-8-19-52)36(11-7-9-20-53)45(46(37)48)38-26-35(14-17-41(38)63-48)62-34-13-16-40(56-3)33(24-34)29-54/h4,12-17,23-26,29,32,36,44-46,52-53H,1,5-11,18-22,27-28,30H2,2-3H3/t32-,36+,44-,45+,46+,48+/m0/s1. The molecule has 4 aliphatic rings. The maximum Gasteiger partial charge on any atom is 0.410 e. The lowest BCUT2D eigenvalue weighted by Gasteiger charge is -2.59. The van der Waals surface area contributed by atoms with Crippen LogP contribution in [0.25, 0.3) is 0 Å². The van der Waals surface area contributed by atoms with Gasteiger partial charge in [0.2, 0.25) is 12.6 Å². The van der Waals surface area contributed by atoms with E-state index in [0.29, 0.717) is 65.2 Å². The van der Waals surface area contributed by atoms with Crippen molar-refractivity contribution in [1.82, 2.24) is 4.90 Å². The number of fused-ring (bicyclic) bond motifs is 3. The quantitative estimate of drug-likeness (QED) is 0.0325. The van der Waals surface area contributed by atoms with Gasteiger partial charge in [-0.1, -0.05) is 36.2 Å². The average Bonchev–Trinajstić information content (AvgIpc) is 3.78. The van der Waals surface area contributed by atoms with E-state index in [1.807, 2.05) is 43.3 Å². The number of hydrogen-bond donors (Lipinski definition) is 2. The van der Waals surface area contributed by atoms with E-state index in [1.54, 1.807) is 29.2 Å². The number of ether oxygens (including phenoxy) is 7. The van der Waals surface area contributed by atoms with Gasteiger partial charge in [0, 0.05) is 37.7 Å². The molecule has 7 rings (SSSR count). The van der Waals surface area contributed by atoms with Crippen molar-refractivity contribution >= 4 is 29.7 Å². The Morgan fingerprint density at radius 2 is 1.76 bits per heavy atom. The molecule has 6 atom stereocenters. The lowest BCUT2D eigenvalue weighted by Crippen LogP contribution is -2.70. The number of aldehydes is 1. The van der Waals surface area contributed by atoms with Crippen molar-refractivity contribution in [2.45, 2.75) is 76.2 Å². The zero-order valence-corrected chi connectivity index (χ0v) is 36.6. The van der Waals surface area contributed by atoms with Gasteiger partial charge in [-0.3, -0.25) is 9.69 Å². The molecule has 2 aliphatic carbocycles. The van der Waals surface area contributed by atoms with Gasteiger partial charge >= 0.3 is 6.09 Å². The number of halogens is 1. The molecule has 14 nitrogen and oxygen atoms in total. The van der Waals surface area contributed by atoms with E-state index in [4.69, 9.17) is 54.8 Å². The van der Waals surface area contributed by atoms with Crippen molar-refractivity contribution in [2.24, 2.45) is 22.9 Å². The third kappa shape index (κ3) is 9.79. The predicted molar refractivity (Wildman–Crippen MR) is 235 cm³/mol. The van der Waals surface area contributed by atoms with Gasteiger partial charge in [-0.25, -0.2) is 4.79 Å². The largest absolute Gasteiger partial charge is 0.496 e. The van der Waals surface area contributed by atoms with Crippen LogP contribution in [-0.4, -0.2) is 97.9 Å². The third-order valence-corrected chi connectivity index (χ3v) is 12.4. The van der Waals surface area contributed by atoms with Crippen LogP contribution in [0.2, 0.25) is 0 Å². The normalized spacial score (nSPS) is 23.4. The van der Waals surface area contributed by atoms with E-state index in [0.717, 1.165) is 48.7 Å². The summed E-state index contributed by atoms with van der Waals surface area (Å²) in [4.78, 5) is 34.0. The molecule has 1 fully saturated rings. The molecule has 1 amide bonds. The molecule has 63 heavy (non-hydrogen) atoms. The Balaban J connectivity index is 1.44. The fourth-order valence-electron chi connectivity index (χ4n) is 9.61. The molecule has 3 aromatic carbocycles. The second kappa shape index (κ2) is 21.4. The Kier molecular flexibility index (Phi) is 15.5.